The Balaban J connectivity index is 1.55. The number of hydrogen-bond acceptors (Lipinski definition) is 2. The van der Waals surface area contributed by atoms with E-state index in [1.165, 1.54) is 38.2 Å². The van der Waals surface area contributed by atoms with Gasteiger partial charge in [-0.05, 0) is 38.0 Å². The van der Waals surface area contributed by atoms with E-state index in [1.54, 1.807) is 12.1 Å². The fourth-order valence-corrected chi connectivity index (χ4v) is 3.24. The molecule has 0 bridgehead atoms. The minimum Gasteiger partial charge on any atom is -0.298 e. The highest BCUT2D eigenvalue weighted by Crippen LogP contribution is 2.44. The van der Waals surface area contributed by atoms with Crippen LogP contribution in [0.3, 0.4) is 0 Å². The normalized spacial score (nSPS) is 28.8. The first-order chi connectivity index (χ1) is 9.15. The Morgan fingerprint density at radius 3 is 2.26 bits per heavy atom. The smallest absolute Gasteiger partial charge is 0.123 e. The Labute approximate surface area is 115 Å². The van der Waals surface area contributed by atoms with Gasteiger partial charge in [0.05, 0.1) is 0 Å². The number of hydrogen-bond donors (Lipinski definition) is 0. The third kappa shape index (κ3) is 2.82. The summed E-state index contributed by atoms with van der Waals surface area (Å²) >= 11 is 0. The van der Waals surface area contributed by atoms with Crippen LogP contribution in [0.5, 0.6) is 0 Å². The van der Waals surface area contributed by atoms with Crippen molar-refractivity contribution < 1.29 is 4.39 Å². The van der Waals surface area contributed by atoms with Crippen molar-refractivity contribution in [1.82, 2.24) is 9.80 Å². The third-order valence-corrected chi connectivity index (χ3v) is 4.60. The molecule has 0 radical (unpaired) electrons. The second-order valence-corrected chi connectivity index (χ2v) is 6.13. The van der Waals surface area contributed by atoms with Crippen LogP contribution >= 0.6 is 0 Å². The van der Waals surface area contributed by atoms with Gasteiger partial charge in [-0.2, -0.15) is 0 Å². The van der Waals surface area contributed by atoms with Crippen LogP contribution in [-0.2, 0) is 0 Å². The lowest BCUT2D eigenvalue weighted by molar-refractivity contribution is 0.102. The molecule has 0 aromatic heterocycles. The zero-order chi connectivity index (χ0) is 13.4. The molecule has 104 valence electrons. The lowest BCUT2D eigenvalue weighted by atomic mass is 10.1. The summed E-state index contributed by atoms with van der Waals surface area (Å²) in [6.45, 7) is 9.28. The van der Waals surface area contributed by atoms with Crippen molar-refractivity contribution in [1.29, 1.82) is 0 Å². The maximum absolute atomic E-state index is 12.9. The minimum atomic E-state index is -0.133. The molecule has 2 aliphatic rings. The molecule has 1 heterocycles. The molecule has 0 unspecified atom stereocenters. The van der Waals surface area contributed by atoms with Gasteiger partial charge in [-0.15, -0.1) is 0 Å². The van der Waals surface area contributed by atoms with Gasteiger partial charge in [0, 0.05) is 44.2 Å². The Morgan fingerprint density at radius 2 is 1.68 bits per heavy atom. The molecule has 2 fully saturated rings. The van der Waals surface area contributed by atoms with Crippen LogP contribution in [0, 0.1) is 5.82 Å². The molecule has 3 rings (SSSR count). The predicted octanol–water partition coefficient (Wildman–Crippen LogP) is 2.71. The molecule has 1 aromatic carbocycles. The number of halogens is 1. The molecule has 1 saturated carbocycles. The van der Waals surface area contributed by atoms with E-state index in [-0.39, 0.29) is 5.82 Å². The van der Waals surface area contributed by atoms with Gasteiger partial charge in [-0.3, -0.25) is 9.80 Å². The molecule has 0 amide bonds. The van der Waals surface area contributed by atoms with Crippen molar-refractivity contribution in [2.45, 2.75) is 38.3 Å². The predicted molar refractivity (Wildman–Crippen MR) is 75.8 cm³/mol. The standard InChI is InChI=1S/C16H23FN2/c1-12(2)18-7-9-19(10-8-18)16-11-15(16)13-3-5-14(17)6-4-13/h3-6,12,15-16H,7-11H2,1-2H3/t15-,16+/m0/s1. The molecule has 0 spiro atoms. The van der Waals surface area contributed by atoms with Crippen molar-refractivity contribution in [3.8, 4) is 0 Å². The molecule has 1 saturated heterocycles. The lowest BCUT2D eigenvalue weighted by Gasteiger charge is -2.37. The molecule has 2 atom stereocenters. The van der Waals surface area contributed by atoms with Gasteiger partial charge in [0.1, 0.15) is 5.82 Å². The zero-order valence-electron chi connectivity index (χ0n) is 11.8. The lowest BCUT2D eigenvalue weighted by Crippen LogP contribution is -2.49. The summed E-state index contributed by atoms with van der Waals surface area (Å²) in [6, 6.07) is 8.42. The van der Waals surface area contributed by atoms with Crippen molar-refractivity contribution >= 4 is 0 Å². The van der Waals surface area contributed by atoms with Crippen molar-refractivity contribution in [2.24, 2.45) is 0 Å². The van der Waals surface area contributed by atoms with Gasteiger partial charge in [-0.1, -0.05) is 12.1 Å². The summed E-state index contributed by atoms with van der Waals surface area (Å²) in [4.78, 5) is 5.17. The van der Waals surface area contributed by atoms with Crippen LogP contribution in [-0.4, -0.2) is 48.1 Å². The molecule has 0 N–H and O–H groups in total. The van der Waals surface area contributed by atoms with Gasteiger partial charge in [0.15, 0.2) is 0 Å². The highest BCUT2D eigenvalue weighted by molar-refractivity contribution is 5.28. The SMILES string of the molecule is CC(C)N1CCN([C@@H]2C[C@H]2c2ccc(F)cc2)CC1. The number of nitrogens with zero attached hydrogens (tertiary/aromatic N) is 2. The maximum atomic E-state index is 12.9. The zero-order valence-corrected chi connectivity index (χ0v) is 11.8. The van der Waals surface area contributed by atoms with Gasteiger partial charge in [0.25, 0.3) is 0 Å². The molecule has 1 aliphatic heterocycles. The van der Waals surface area contributed by atoms with Crippen LogP contribution < -0.4 is 0 Å². The van der Waals surface area contributed by atoms with Crippen LogP contribution in [0.4, 0.5) is 4.39 Å². The van der Waals surface area contributed by atoms with Crippen molar-refractivity contribution in [3.63, 3.8) is 0 Å². The van der Waals surface area contributed by atoms with Crippen LogP contribution in [0.2, 0.25) is 0 Å². The summed E-state index contributed by atoms with van der Waals surface area (Å²) in [5.74, 6) is 0.498. The first-order valence-corrected chi connectivity index (χ1v) is 7.38. The van der Waals surface area contributed by atoms with Gasteiger partial charge in [0.2, 0.25) is 0 Å². The van der Waals surface area contributed by atoms with E-state index in [0.717, 1.165) is 0 Å². The molecular weight excluding hydrogens is 239 g/mol. The summed E-state index contributed by atoms with van der Waals surface area (Å²) in [5.41, 5.74) is 1.30. The topological polar surface area (TPSA) is 6.48 Å². The Bertz CT molecular complexity index is 421. The van der Waals surface area contributed by atoms with Crippen LogP contribution in [0.1, 0.15) is 31.7 Å². The van der Waals surface area contributed by atoms with Crippen molar-refractivity contribution in [3.05, 3.63) is 35.6 Å². The van der Waals surface area contributed by atoms with Gasteiger partial charge >= 0.3 is 0 Å². The molecule has 1 aliphatic carbocycles. The van der Waals surface area contributed by atoms with E-state index in [0.29, 0.717) is 18.0 Å². The van der Waals surface area contributed by atoms with Gasteiger partial charge in [-0.25, -0.2) is 4.39 Å². The highest BCUT2D eigenvalue weighted by Gasteiger charge is 2.43. The first kappa shape index (κ1) is 13.1. The van der Waals surface area contributed by atoms with Crippen LogP contribution in [0.25, 0.3) is 0 Å². The third-order valence-electron chi connectivity index (χ3n) is 4.60. The van der Waals surface area contributed by atoms with Crippen LogP contribution in [0.15, 0.2) is 24.3 Å². The van der Waals surface area contributed by atoms with E-state index in [4.69, 9.17) is 0 Å². The van der Waals surface area contributed by atoms with E-state index >= 15 is 0 Å². The van der Waals surface area contributed by atoms with E-state index < -0.39 is 0 Å². The average molecular weight is 262 g/mol. The van der Waals surface area contributed by atoms with E-state index in [1.807, 2.05) is 12.1 Å². The molecular formula is C16H23FN2. The fourth-order valence-electron chi connectivity index (χ4n) is 3.24. The summed E-state index contributed by atoms with van der Waals surface area (Å²) in [5, 5.41) is 0. The second kappa shape index (κ2) is 5.22. The molecule has 2 nitrogen and oxygen atoms in total. The minimum absolute atomic E-state index is 0.133. The number of piperazine rings is 1. The highest BCUT2D eigenvalue weighted by atomic mass is 19.1. The summed E-state index contributed by atoms with van der Waals surface area (Å²) < 4.78 is 12.9. The quantitative estimate of drug-likeness (QED) is 0.826. The largest absolute Gasteiger partial charge is 0.298 e. The van der Waals surface area contributed by atoms with Gasteiger partial charge < -0.3 is 0 Å². The summed E-state index contributed by atoms with van der Waals surface area (Å²) in [6.07, 6.45) is 1.24. The number of benzene rings is 1. The maximum Gasteiger partial charge on any atom is 0.123 e. The molecule has 3 heteroatoms. The summed E-state index contributed by atoms with van der Waals surface area (Å²) in [7, 11) is 0. The Kier molecular flexibility index (Phi) is 3.59. The van der Waals surface area contributed by atoms with E-state index in [2.05, 4.69) is 23.6 Å². The Morgan fingerprint density at radius 1 is 1.05 bits per heavy atom. The molecule has 1 aromatic rings. The fraction of sp³-hybridized carbons (Fsp3) is 0.625. The number of rotatable bonds is 3. The Hall–Kier alpha value is -0.930. The monoisotopic (exact) mass is 262 g/mol. The molecule has 19 heavy (non-hydrogen) atoms. The second-order valence-electron chi connectivity index (χ2n) is 6.13. The average Bonchev–Trinajstić information content (AvgIpc) is 3.20. The first-order valence-electron chi connectivity index (χ1n) is 7.38. The van der Waals surface area contributed by atoms with E-state index in [9.17, 15) is 4.39 Å². The van der Waals surface area contributed by atoms with Crippen molar-refractivity contribution in [2.75, 3.05) is 26.2 Å².